The summed E-state index contributed by atoms with van der Waals surface area (Å²) in [4.78, 5) is 2.28. The molecule has 13 rings (SSSR count). The molecule has 10 aromatic carbocycles. The average molecular weight is 898 g/mol. The smallest absolute Gasteiger partial charge is 0.159 e. The lowest BCUT2D eigenvalue weighted by Gasteiger charge is -2.30. The molecule has 0 saturated carbocycles. The highest BCUT2D eigenvalue weighted by Gasteiger charge is 2.39. The Balaban J connectivity index is 0.749. The van der Waals surface area contributed by atoms with Crippen LogP contribution >= 0.6 is 0 Å². The van der Waals surface area contributed by atoms with Crippen LogP contribution in [0.25, 0.3) is 66.4 Å². The van der Waals surface area contributed by atoms with Crippen molar-refractivity contribution in [3.63, 3.8) is 0 Å². The number of para-hydroxylation sites is 4. The van der Waals surface area contributed by atoms with Crippen molar-refractivity contribution < 1.29 is 9.15 Å². The lowest BCUT2D eigenvalue weighted by molar-refractivity contribution is 0.249. The average Bonchev–Trinajstić information content (AvgIpc) is 4.02. The van der Waals surface area contributed by atoms with E-state index in [1.165, 1.54) is 55.6 Å². The highest BCUT2D eigenvalue weighted by atomic mass is 16.5. The Morgan fingerprint density at radius 1 is 0.400 bits per heavy atom. The number of anilines is 3. The Morgan fingerprint density at radius 3 is 1.60 bits per heavy atom. The second-order valence-electron chi connectivity index (χ2n) is 18.3. The summed E-state index contributed by atoms with van der Waals surface area (Å²) in [5.74, 6) is 1.27. The van der Waals surface area contributed by atoms with Crippen molar-refractivity contribution in [1.29, 1.82) is 0 Å². The second kappa shape index (κ2) is 17.6. The molecule has 3 unspecified atom stereocenters. The number of fused-ring (bicyclic) bond motifs is 6. The molecule has 2 aliphatic rings. The first-order chi connectivity index (χ1) is 34.7. The zero-order chi connectivity index (χ0) is 46.4. The molecule has 0 spiro atoms. The first kappa shape index (κ1) is 41.3. The van der Waals surface area contributed by atoms with Gasteiger partial charge in [-0.2, -0.15) is 0 Å². The monoisotopic (exact) mass is 897 g/mol. The summed E-state index contributed by atoms with van der Waals surface area (Å²) in [5.41, 5.74) is 19.4. The van der Waals surface area contributed by atoms with Crippen LogP contribution in [0, 0.1) is 0 Å². The lowest BCUT2D eigenvalue weighted by atomic mass is 9.76. The molecule has 0 amide bonds. The summed E-state index contributed by atoms with van der Waals surface area (Å²) in [6.45, 7) is 0. The van der Waals surface area contributed by atoms with E-state index in [0.29, 0.717) is 0 Å². The molecule has 70 heavy (non-hydrogen) atoms. The Morgan fingerprint density at radius 2 is 0.914 bits per heavy atom. The minimum Gasteiger partial charge on any atom is -0.485 e. The number of hydrogen-bond acceptors (Lipinski definition) is 3. The summed E-state index contributed by atoms with van der Waals surface area (Å²) in [5, 5.41) is 2.23. The molecule has 0 saturated heterocycles. The predicted octanol–water partition coefficient (Wildman–Crippen LogP) is 17.9. The molecule has 0 bridgehead atoms. The van der Waals surface area contributed by atoms with Crippen LogP contribution in [0.15, 0.2) is 277 Å². The van der Waals surface area contributed by atoms with Gasteiger partial charge in [0.2, 0.25) is 0 Å². The standard InChI is InChI=1S/C67H47NO2/c1-3-15-51(16-4-1)65(61-25-13-23-59-57-21-9-11-27-63(57)69-66(59)61)52-39-33-47(34-40-52)45-29-35-49(36-30-45)55-19-7-8-20-56(55)50-37-31-46(32-38-50)48-41-43-54(44-42-48)68(53-17-5-2-6-18-53)62-26-14-24-60-58-22-10-12-28-64(58)70-67(60)62/h1-44,59,65-66H. The Labute approximate surface area is 408 Å². The van der Waals surface area contributed by atoms with Crippen LogP contribution < -0.4 is 9.64 Å². The van der Waals surface area contributed by atoms with Gasteiger partial charge in [0.1, 0.15) is 17.4 Å². The molecule has 2 heterocycles. The first-order valence-electron chi connectivity index (χ1n) is 24.2. The quantitative estimate of drug-likeness (QED) is 0.137. The van der Waals surface area contributed by atoms with E-state index >= 15 is 0 Å². The third kappa shape index (κ3) is 7.40. The van der Waals surface area contributed by atoms with Crippen LogP contribution in [0.1, 0.15) is 28.5 Å². The Kier molecular flexibility index (Phi) is 10.4. The maximum Gasteiger partial charge on any atom is 0.159 e. The van der Waals surface area contributed by atoms with E-state index in [9.17, 15) is 0 Å². The van der Waals surface area contributed by atoms with Crippen LogP contribution in [0.3, 0.4) is 0 Å². The third-order valence-electron chi connectivity index (χ3n) is 14.3. The SMILES string of the molecule is C1=CC2c3ccccc3OC2C(C(c2ccccc2)c2ccc(-c3ccc(-c4ccccc4-c4ccc(-c5ccc(N(c6ccccc6)c6cccc7c6oc6ccccc67)cc5)cc4)cc3)cc2)=C1. The van der Waals surface area contributed by atoms with Crippen molar-refractivity contribution in [1.82, 2.24) is 0 Å². The normalized spacial score (nSPS) is 15.2. The van der Waals surface area contributed by atoms with Crippen molar-refractivity contribution in [3.05, 3.63) is 289 Å². The van der Waals surface area contributed by atoms with Gasteiger partial charge < -0.3 is 14.1 Å². The largest absolute Gasteiger partial charge is 0.485 e. The van der Waals surface area contributed by atoms with E-state index in [2.05, 4.69) is 260 Å². The molecule has 11 aromatic rings. The Hall–Kier alpha value is -8.92. The molecule has 0 N–H and O–H groups in total. The van der Waals surface area contributed by atoms with Crippen molar-refractivity contribution in [2.75, 3.05) is 4.90 Å². The number of hydrogen-bond donors (Lipinski definition) is 0. The minimum absolute atomic E-state index is 0.0340. The third-order valence-corrected chi connectivity index (χ3v) is 14.3. The molecule has 0 fully saturated rings. The number of ether oxygens (including phenoxy) is 1. The number of nitrogens with zero attached hydrogens (tertiary/aromatic N) is 1. The van der Waals surface area contributed by atoms with E-state index in [0.717, 1.165) is 55.9 Å². The minimum atomic E-state index is -0.0340. The van der Waals surface area contributed by atoms with Gasteiger partial charge in [-0.1, -0.05) is 224 Å². The fourth-order valence-corrected chi connectivity index (χ4v) is 10.8. The highest BCUT2D eigenvalue weighted by molar-refractivity contribution is 6.10. The van der Waals surface area contributed by atoms with Gasteiger partial charge >= 0.3 is 0 Å². The Bertz CT molecular complexity index is 3720. The lowest BCUT2D eigenvalue weighted by Crippen LogP contribution is -2.26. The van der Waals surface area contributed by atoms with Crippen LogP contribution in [0.5, 0.6) is 5.75 Å². The number of rotatable bonds is 10. The van der Waals surface area contributed by atoms with Crippen LogP contribution in [0.4, 0.5) is 17.1 Å². The maximum atomic E-state index is 6.67. The fraction of sp³-hybridized carbons (Fsp3) is 0.0448. The summed E-state index contributed by atoms with van der Waals surface area (Å²) in [6.07, 6.45) is 6.74. The molecule has 3 nitrogen and oxygen atoms in total. The molecule has 0 radical (unpaired) electrons. The van der Waals surface area contributed by atoms with Gasteiger partial charge in [-0.25, -0.2) is 0 Å². The van der Waals surface area contributed by atoms with Gasteiger partial charge in [-0.05, 0) is 104 Å². The summed E-state index contributed by atoms with van der Waals surface area (Å²) in [7, 11) is 0. The molecule has 1 aliphatic heterocycles. The zero-order valence-corrected chi connectivity index (χ0v) is 38.4. The molecular weight excluding hydrogens is 851 g/mol. The molecular formula is C67H47NO2. The van der Waals surface area contributed by atoms with Gasteiger partial charge in [-0.15, -0.1) is 0 Å². The molecule has 1 aliphatic carbocycles. The molecule has 3 heteroatoms. The topological polar surface area (TPSA) is 25.6 Å². The zero-order valence-electron chi connectivity index (χ0n) is 38.4. The number of allylic oxidation sites excluding steroid dienone is 2. The van der Waals surface area contributed by atoms with Crippen LogP contribution in [-0.2, 0) is 0 Å². The van der Waals surface area contributed by atoms with Crippen molar-refractivity contribution in [2.45, 2.75) is 17.9 Å². The van der Waals surface area contributed by atoms with E-state index in [1.54, 1.807) is 0 Å². The van der Waals surface area contributed by atoms with Crippen LogP contribution in [0.2, 0.25) is 0 Å². The fourth-order valence-electron chi connectivity index (χ4n) is 10.8. The first-order valence-corrected chi connectivity index (χ1v) is 24.2. The predicted molar refractivity (Wildman–Crippen MR) is 289 cm³/mol. The molecule has 1 aromatic heterocycles. The van der Waals surface area contributed by atoms with E-state index in [-0.39, 0.29) is 17.9 Å². The van der Waals surface area contributed by atoms with E-state index in [1.807, 2.05) is 12.1 Å². The van der Waals surface area contributed by atoms with Crippen molar-refractivity contribution in [2.24, 2.45) is 0 Å². The van der Waals surface area contributed by atoms with Gasteiger partial charge in [-0.3, -0.25) is 0 Å². The van der Waals surface area contributed by atoms with Gasteiger partial charge in [0.05, 0.1) is 5.69 Å². The summed E-state index contributed by atoms with van der Waals surface area (Å²) < 4.78 is 13.2. The van der Waals surface area contributed by atoms with Gasteiger partial charge in [0, 0.05) is 39.5 Å². The highest BCUT2D eigenvalue weighted by Crippen LogP contribution is 2.49. The molecule has 332 valence electrons. The van der Waals surface area contributed by atoms with Crippen molar-refractivity contribution >= 4 is 39.0 Å². The maximum absolute atomic E-state index is 6.67. The summed E-state index contributed by atoms with van der Waals surface area (Å²) in [6, 6.07) is 89.2. The van der Waals surface area contributed by atoms with Gasteiger partial charge in [0.15, 0.2) is 5.58 Å². The van der Waals surface area contributed by atoms with E-state index in [4.69, 9.17) is 9.15 Å². The number of furan rings is 1. The van der Waals surface area contributed by atoms with Crippen LogP contribution in [-0.4, -0.2) is 6.10 Å². The summed E-state index contributed by atoms with van der Waals surface area (Å²) >= 11 is 0. The second-order valence-corrected chi connectivity index (χ2v) is 18.3. The number of benzene rings is 10. The van der Waals surface area contributed by atoms with Gasteiger partial charge in [0.25, 0.3) is 0 Å². The molecule has 3 atom stereocenters. The van der Waals surface area contributed by atoms with E-state index < -0.39 is 0 Å². The van der Waals surface area contributed by atoms with Crippen molar-refractivity contribution in [3.8, 4) is 50.3 Å².